The highest BCUT2D eigenvalue weighted by Gasteiger charge is 2.19. The van der Waals surface area contributed by atoms with Gasteiger partial charge in [0.2, 0.25) is 0 Å². The number of aryl methyl sites for hydroxylation is 1. The van der Waals surface area contributed by atoms with Gasteiger partial charge in [0, 0.05) is 33.4 Å². The van der Waals surface area contributed by atoms with Crippen LogP contribution in [-0.4, -0.2) is 24.5 Å². The number of methoxy groups -OCH3 is 1. The van der Waals surface area contributed by atoms with Gasteiger partial charge in [-0.05, 0) is 73.7 Å². The van der Waals surface area contributed by atoms with Gasteiger partial charge >= 0.3 is 0 Å². The number of carbonyl (C=O) groups is 3. The number of carbonyl (C=O) groups excluding carboxylic acids is 3. The van der Waals surface area contributed by atoms with E-state index in [1.54, 1.807) is 67.8 Å². The fraction of sp³-hybridized carbons (Fsp3) is 0.0690. The minimum absolute atomic E-state index is 0.223. The summed E-state index contributed by atoms with van der Waals surface area (Å²) in [5.41, 5.74) is 2.97. The maximum Gasteiger partial charge on any atom is 0.193 e. The second-order valence-corrected chi connectivity index (χ2v) is 8.02. The number of hydrogen-bond donors (Lipinski definition) is 1. The highest BCUT2D eigenvalue weighted by atomic mass is 16.6. The van der Waals surface area contributed by atoms with E-state index in [4.69, 9.17) is 10.6 Å². The molecule has 0 aliphatic heterocycles. The Morgan fingerprint density at radius 1 is 0.543 bits per heavy atom. The summed E-state index contributed by atoms with van der Waals surface area (Å²) in [7, 11) is 1.54. The van der Waals surface area contributed by atoms with Crippen LogP contribution in [0.1, 0.15) is 53.3 Å². The maximum absolute atomic E-state index is 13.3. The van der Waals surface area contributed by atoms with Gasteiger partial charge in [0.25, 0.3) is 0 Å². The fourth-order valence-electron chi connectivity index (χ4n) is 3.65. The largest absolute Gasteiger partial charge is 0.497 e. The number of nitrogens with two attached hydrogens (primary N) is 1. The first-order valence-electron chi connectivity index (χ1n) is 10.9. The van der Waals surface area contributed by atoms with Crippen LogP contribution in [0.4, 0.5) is 0 Å². The molecule has 35 heavy (non-hydrogen) atoms. The zero-order valence-electron chi connectivity index (χ0n) is 19.3. The van der Waals surface area contributed by atoms with Crippen LogP contribution < -0.4 is 15.5 Å². The summed E-state index contributed by atoms with van der Waals surface area (Å²) in [4.78, 5) is 44.5. The molecular formula is C29H23NO5. The summed E-state index contributed by atoms with van der Waals surface area (Å²) < 4.78 is 5.16. The number of ether oxygens (including phenoxy) is 1. The van der Waals surface area contributed by atoms with Crippen molar-refractivity contribution < 1.29 is 24.0 Å². The predicted molar refractivity (Wildman–Crippen MR) is 132 cm³/mol. The van der Waals surface area contributed by atoms with E-state index in [-0.39, 0.29) is 34.0 Å². The van der Waals surface area contributed by atoms with Crippen LogP contribution in [0.2, 0.25) is 0 Å². The lowest BCUT2D eigenvalue weighted by Gasteiger charge is -2.10. The van der Waals surface area contributed by atoms with Crippen molar-refractivity contribution in [3.05, 3.63) is 130 Å². The van der Waals surface area contributed by atoms with E-state index in [2.05, 4.69) is 4.84 Å². The molecule has 0 fully saturated rings. The van der Waals surface area contributed by atoms with Gasteiger partial charge in [0.1, 0.15) is 11.5 Å². The van der Waals surface area contributed by atoms with Gasteiger partial charge in [0.15, 0.2) is 17.3 Å². The first kappa shape index (κ1) is 23.6. The summed E-state index contributed by atoms with van der Waals surface area (Å²) >= 11 is 0. The Kier molecular flexibility index (Phi) is 6.85. The molecule has 0 saturated carbocycles. The molecule has 6 nitrogen and oxygen atoms in total. The van der Waals surface area contributed by atoms with Gasteiger partial charge in [-0.1, -0.05) is 29.8 Å². The molecule has 0 saturated heterocycles. The van der Waals surface area contributed by atoms with Crippen molar-refractivity contribution >= 4 is 17.3 Å². The molecule has 0 radical (unpaired) electrons. The molecule has 4 rings (SSSR count). The zero-order chi connectivity index (χ0) is 24.9. The monoisotopic (exact) mass is 465 g/mol. The molecule has 174 valence electrons. The molecule has 0 bridgehead atoms. The van der Waals surface area contributed by atoms with Crippen LogP contribution in [0, 0.1) is 6.92 Å². The number of rotatable bonds is 8. The van der Waals surface area contributed by atoms with E-state index in [0.717, 1.165) is 5.56 Å². The Morgan fingerprint density at radius 3 is 1.23 bits per heavy atom. The molecule has 0 amide bonds. The molecule has 0 spiro atoms. The quantitative estimate of drug-likeness (QED) is 0.292. The van der Waals surface area contributed by atoms with Crippen molar-refractivity contribution in [1.82, 2.24) is 0 Å². The lowest BCUT2D eigenvalue weighted by molar-refractivity contribution is 0.103. The Morgan fingerprint density at radius 2 is 0.886 bits per heavy atom. The van der Waals surface area contributed by atoms with Gasteiger partial charge < -0.3 is 9.57 Å². The predicted octanol–water partition coefficient (Wildman–Crippen LogP) is 4.95. The Balaban J connectivity index is 1.79. The third-order valence-electron chi connectivity index (χ3n) is 5.64. The summed E-state index contributed by atoms with van der Waals surface area (Å²) in [5, 5.41) is 0. The fourth-order valence-corrected chi connectivity index (χ4v) is 3.65. The van der Waals surface area contributed by atoms with Crippen molar-refractivity contribution in [1.29, 1.82) is 0 Å². The van der Waals surface area contributed by atoms with Crippen molar-refractivity contribution in [2.75, 3.05) is 7.11 Å². The van der Waals surface area contributed by atoms with Crippen LogP contribution in [0.15, 0.2) is 91.0 Å². The highest BCUT2D eigenvalue weighted by Crippen LogP contribution is 2.22. The first-order valence-corrected chi connectivity index (χ1v) is 10.9. The molecule has 6 heteroatoms. The number of hydrogen-bond acceptors (Lipinski definition) is 6. The third kappa shape index (κ3) is 5.18. The molecule has 0 aromatic heterocycles. The van der Waals surface area contributed by atoms with Crippen molar-refractivity contribution in [3.8, 4) is 11.5 Å². The topological polar surface area (TPSA) is 95.7 Å². The van der Waals surface area contributed by atoms with Crippen LogP contribution in [-0.2, 0) is 0 Å². The molecule has 0 aliphatic carbocycles. The molecule has 0 heterocycles. The van der Waals surface area contributed by atoms with Gasteiger partial charge in [0.05, 0.1) is 7.11 Å². The molecule has 4 aromatic carbocycles. The minimum Gasteiger partial charge on any atom is -0.497 e. The highest BCUT2D eigenvalue weighted by molar-refractivity contribution is 6.17. The summed E-state index contributed by atoms with van der Waals surface area (Å²) in [6.45, 7) is 1.93. The van der Waals surface area contributed by atoms with Gasteiger partial charge in [-0.2, -0.15) is 5.90 Å². The van der Waals surface area contributed by atoms with Gasteiger partial charge in [-0.3, -0.25) is 14.4 Å². The van der Waals surface area contributed by atoms with E-state index in [9.17, 15) is 14.4 Å². The van der Waals surface area contributed by atoms with Crippen molar-refractivity contribution in [3.63, 3.8) is 0 Å². The molecule has 0 unspecified atom stereocenters. The molecule has 0 atom stereocenters. The van der Waals surface area contributed by atoms with E-state index < -0.39 is 0 Å². The van der Waals surface area contributed by atoms with E-state index in [0.29, 0.717) is 28.2 Å². The molecular weight excluding hydrogens is 442 g/mol. The van der Waals surface area contributed by atoms with Crippen LogP contribution >= 0.6 is 0 Å². The standard InChI is InChI=1S/C29H23NO5/c1-18-3-5-19(6-4-18)27(31)22-15-23(28(32)20-7-11-25(34-2)12-8-20)17-24(16-22)29(33)21-9-13-26(35-30)14-10-21/h3-17H,30H2,1-2H3. The molecule has 2 N–H and O–H groups in total. The smallest absolute Gasteiger partial charge is 0.193 e. The average Bonchev–Trinajstić information content (AvgIpc) is 2.92. The lowest BCUT2D eigenvalue weighted by atomic mass is 9.92. The van der Waals surface area contributed by atoms with Crippen LogP contribution in [0.5, 0.6) is 11.5 Å². The number of ketones is 3. The second kappa shape index (κ2) is 10.2. The Labute approximate surface area is 202 Å². The van der Waals surface area contributed by atoms with Gasteiger partial charge in [-0.15, -0.1) is 0 Å². The second-order valence-electron chi connectivity index (χ2n) is 8.02. The summed E-state index contributed by atoms with van der Waals surface area (Å²) in [6.07, 6.45) is 0. The van der Waals surface area contributed by atoms with Crippen molar-refractivity contribution in [2.24, 2.45) is 5.90 Å². The maximum atomic E-state index is 13.3. The Bertz CT molecular complexity index is 1310. The van der Waals surface area contributed by atoms with E-state index >= 15 is 0 Å². The van der Waals surface area contributed by atoms with E-state index in [1.807, 2.05) is 19.1 Å². The van der Waals surface area contributed by atoms with Crippen LogP contribution in [0.3, 0.4) is 0 Å². The summed E-state index contributed by atoms with van der Waals surface area (Å²) in [6, 6.07) is 24.6. The summed E-state index contributed by atoms with van der Waals surface area (Å²) in [5.74, 6) is 5.25. The van der Waals surface area contributed by atoms with Crippen molar-refractivity contribution in [2.45, 2.75) is 6.92 Å². The lowest BCUT2D eigenvalue weighted by Crippen LogP contribution is -2.11. The molecule has 4 aromatic rings. The Hall–Kier alpha value is -4.55. The van der Waals surface area contributed by atoms with Gasteiger partial charge in [-0.25, -0.2) is 0 Å². The van der Waals surface area contributed by atoms with E-state index in [1.165, 1.54) is 18.2 Å². The SMILES string of the molecule is COc1ccc(C(=O)c2cc(C(=O)c3ccc(C)cc3)cc(C(=O)c3ccc(ON)cc3)c2)cc1. The van der Waals surface area contributed by atoms with Crippen LogP contribution in [0.25, 0.3) is 0 Å². The average molecular weight is 466 g/mol. The minimum atomic E-state index is -0.337. The zero-order valence-corrected chi connectivity index (χ0v) is 19.3. The molecule has 0 aliphatic rings. The number of benzene rings is 4. The first-order chi connectivity index (χ1) is 16.9. The normalized spacial score (nSPS) is 10.5. The third-order valence-corrected chi connectivity index (χ3v) is 5.64.